The molecule has 0 saturated heterocycles. The van der Waals surface area contributed by atoms with Crippen LogP contribution in [0.3, 0.4) is 0 Å². The van der Waals surface area contributed by atoms with E-state index in [1.807, 2.05) is 37.3 Å². The molecule has 0 aliphatic heterocycles. The Balaban J connectivity index is 2.18. The molecule has 122 valence electrons. The molecule has 5 nitrogen and oxygen atoms in total. The zero-order chi connectivity index (χ0) is 17.3. The van der Waals surface area contributed by atoms with Crippen molar-refractivity contribution >= 4 is 16.9 Å². The highest BCUT2D eigenvalue weighted by molar-refractivity contribution is 5.94. The van der Waals surface area contributed by atoms with Crippen molar-refractivity contribution in [3.05, 3.63) is 75.8 Å². The highest BCUT2D eigenvalue weighted by Gasteiger charge is 2.16. The van der Waals surface area contributed by atoms with Crippen molar-refractivity contribution in [2.75, 3.05) is 7.11 Å². The lowest BCUT2D eigenvalue weighted by atomic mass is 10.1. The fourth-order valence-corrected chi connectivity index (χ4v) is 2.79. The molecular formula is C19H18N2O3. The lowest BCUT2D eigenvalue weighted by Crippen LogP contribution is -2.24. The number of rotatable bonds is 3. The lowest BCUT2D eigenvalue weighted by molar-refractivity contribution is 0.0599. The van der Waals surface area contributed by atoms with Gasteiger partial charge in [0.05, 0.1) is 35.3 Å². The van der Waals surface area contributed by atoms with Crippen LogP contribution >= 0.6 is 0 Å². The fraction of sp³-hybridized carbons (Fsp3) is 0.211. The molecule has 0 bridgehead atoms. The first-order chi connectivity index (χ1) is 11.5. The van der Waals surface area contributed by atoms with E-state index in [0.717, 1.165) is 5.56 Å². The number of nitrogens with zero attached hydrogens (tertiary/aromatic N) is 2. The normalized spacial score (nSPS) is 12.1. The number of ether oxygens (including phenoxy) is 1. The van der Waals surface area contributed by atoms with E-state index in [1.165, 1.54) is 7.11 Å². The van der Waals surface area contributed by atoms with Crippen molar-refractivity contribution in [2.45, 2.75) is 19.9 Å². The molecule has 3 rings (SSSR count). The third kappa shape index (κ3) is 2.69. The third-order valence-electron chi connectivity index (χ3n) is 4.21. The maximum atomic E-state index is 12.9. The van der Waals surface area contributed by atoms with E-state index in [2.05, 4.69) is 4.98 Å². The van der Waals surface area contributed by atoms with Gasteiger partial charge in [-0.2, -0.15) is 0 Å². The van der Waals surface area contributed by atoms with Gasteiger partial charge in [-0.25, -0.2) is 4.79 Å². The van der Waals surface area contributed by atoms with Crippen LogP contribution in [0.15, 0.2) is 53.5 Å². The van der Waals surface area contributed by atoms with Crippen molar-refractivity contribution in [1.29, 1.82) is 0 Å². The topological polar surface area (TPSA) is 61.2 Å². The summed E-state index contributed by atoms with van der Waals surface area (Å²) >= 11 is 0. The molecule has 2 heterocycles. The first kappa shape index (κ1) is 15.9. The predicted molar refractivity (Wildman–Crippen MR) is 92.3 cm³/mol. The Morgan fingerprint density at radius 2 is 1.92 bits per heavy atom. The van der Waals surface area contributed by atoms with E-state index in [1.54, 1.807) is 29.8 Å². The molecule has 24 heavy (non-hydrogen) atoms. The first-order valence-corrected chi connectivity index (χ1v) is 7.68. The number of carbonyl (C=O) groups is 1. The number of hydrogen-bond acceptors (Lipinski definition) is 4. The number of carbonyl (C=O) groups excluding carboxylic acids is 1. The van der Waals surface area contributed by atoms with Crippen molar-refractivity contribution in [1.82, 2.24) is 9.55 Å². The third-order valence-corrected chi connectivity index (χ3v) is 4.21. The van der Waals surface area contributed by atoms with Gasteiger partial charge in [-0.1, -0.05) is 30.3 Å². The van der Waals surface area contributed by atoms with Crippen LogP contribution in [-0.2, 0) is 4.74 Å². The average molecular weight is 322 g/mol. The Labute approximate surface area is 139 Å². The van der Waals surface area contributed by atoms with Gasteiger partial charge in [0.15, 0.2) is 0 Å². The molecule has 0 amide bonds. The zero-order valence-electron chi connectivity index (χ0n) is 13.8. The van der Waals surface area contributed by atoms with Crippen molar-refractivity contribution in [2.24, 2.45) is 0 Å². The molecule has 5 heteroatoms. The summed E-state index contributed by atoms with van der Waals surface area (Å²) in [6.07, 6.45) is 1.74. The number of hydrogen-bond donors (Lipinski definition) is 0. The van der Waals surface area contributed by atoms with Crippen LogP contribution in [0.1, 0.15) is 34.6 Å². The van der Waals surface area contributed by atoms with Gasteiger partial charge in [-0.05, 0) is 31.5 Å². The number of fused-ring (bicyclic) bond motifs is 1. The molecule has 2 aromatic heterocycles. The minimum Gasteiger partial charge on any atom is -0.465 e. The van der Waals surface area contributed by atoms with Crippen LogP contribution in [0.25, 0.3) is 10.9 Å². The van der Waals surface area contributed by atoms with Gasteiger partial charge in [-0.15, -0.1) is 0 Å². The number of pyridine rings is 2. The van der Waals surface area contributed by atoms with Gasteiger partial charge in [0.1, 0.15) is 0 Å². The summed E-state index contributed by atoms with van der Waals surface area (Å²) in [5, 5.41) is 0.409. The van der Waals surface area contributed by atoms with Gasteiger partial charge >= 0.3 is 5.97 Å². The minimum atomic E-state index is -0.493. The predicted octanol–water partition coefficient (Wildman–Crippen LogP) is 3.10. The van der Waals surface area contributed by atoms with E-state index in [4.69, 9.17) is 4.74 Å². The summed E-state index contributed by atoms with van der Waals surface area (Å²) in [7, 11) is 1.31. The summed E-state index contributed by atoms with van der Waals surface area (Å²) in [6.45, 7) is 3.69. The van der Waals surface area contributed by atoms with E-state index in [0.29, 0.717) is 22.2 Å². The number of esters is 1. The Kier molecular flexibility index (Phi) is 4.16. The largest absolute Gasteiger partial charge is 0.465 e. The maximum absolute atomic E-state index is 12.9. The highest BCUT2D eigenvalue weighted by Crippen LogP contribution is 2.19. The van der Waals surface area contributed by atoms with Gasteiger partial charge in [0.2, 0.25) is 0 Å². The van der Waals surface area contributed by atoms with Gasteiger partial charge in [0, 0.05) is 6.20 Å². The Morgan fingerprint density at radius 3 is 2.58 bits per heavy atom. The number of benzene rings is 1. The Bertz CT molecular complexity index is 962. The maximum Gasteiger partial charge on any atom is 0.339 e. The standard InChI is InChI=1S/C19H18N2O3/c1-12-15(19(23)24-3)11-16-17(20-12)9-10-21(18(16)22)13(2)14-7-5-4-6-8-14/h4-11,13H,1-3H3. The van der Waals surface area contributed by atoms with Crippen molar-refractivity contribution < 1.29 is 9.53 Å². The Hall–Kier alpha value is -2.95. The number of aromatic nitrogens is 2. The zero-order valence-corrected chi connectivity index (χ0v) is 13.8. The van der Waals surface area contributed by atoms with Gasteiger partial charge < -0.3 is 9.30 Å². The summed E-state index contributed by atoms with van der Waals surface area (Å²) in [5.41, 5.74) is 2.28. The second-order valence-electron chi connectivity index (χ2n) is 5.66. The van der Waals surface area contributed by atoms with Gasteiger partial charge in [0.25, 0.3) is 5.56 Å². The molecule has 0 saturated carbocycles. The van der Waals surface area contributed by atoms with E-state index in [9.17, 15) is 9.59 Å². The second-order valence-corrected chi connectivity index (χ2v) is 5.66. The summed E-state index contributed by atoms with van der Waals surface area (Å²) in [5.74, 6) is -0.493. The van der Waals surface area contributed by atoms with Crippen molar-refractivity contribution in [3.8, 4) is 0 Å². The van der Waals surface area contributed by atoms with Crippen LogP contribution < -0.4 is 5.56 Å². The molecule has 0 aliphatic carbocycles. The van der Waals surface area contributed by atoms with Crippen LogP contribution in [0.2, 0.25) is 0 Å². The molecule has 1 unspecified atom stereocenters. The van der Waals surface area contributed by atoms with Crippen LogP contribution in [-0.4, -0.2) is 22.6 Å². The van der Waals surface area contributed by atoms with Crippen molar-refractivity contribution in [3.63, 3.8) is 0 Å². The molecule has 3 aromatic rings. The van der Waals surface area contributed by atoms with E-state index < -0.39 is 5.97 Å². The monoisotopic (exact) mass is 322 g/mol. The summed E-state index contributed by atoms with van der Waals surface area (Å²) in [6, 6.07) is 13.0. The quantitative estimate of drug-likeness (QED) is 0.695. The van der Waals surface area contributed by atoms with E-state index in [-0.39, 0.29) is 11.6 Å². The molecule has 1 atom stereocenters. The van der Waals surface area contributed by atoms with Crippen LogP contribution in [0, 0.1) is 6.92 Å². The average Bonchev–Trinajstić information content (AvgIpc) is 2.61. The molecule has 0 fully saturated rings. The minimum absolute atomic E-state index is 0.119. The summed E-state index contributed by atoms with van der Waals surface area (Å²) in [4.78, 5) is 29.1. The number of methoxy groups -OCH3 is 1. The molecule has 0 N–H and O–H groups in total. The molecule has 1 aromatic carbocycles. The fourth-order valence-electron chi connectivity index (χ4n) is 2.79. The van der Waals surface area contributed by atoms with E-state index >= 15 is 0 Å². The molecular weight excluding hydrogens is 304 g/mol. The van der Waals surface area contributed by atoms with Crippen LogP contribution in [0.5, 0.6) is 0 Å². The second kappa shape index (κ2) is 6.28. The molecule has 0 spiro atoms. The SMILES string of the molecule is COC(=O)c1cc2c(=O)n(C(C)c3ccccc3)ccc2nc1C. The summed E-state index contributed by atoms with van der Waals surface area (Å²) < 4.78 is 6.41. The van der Waals surface area contributed by atoms with Crippen LogP contribution in [0.4, 0.5) is 0 Å². The first-order valence-electron chi connectivity index (χ1n) is 7.68. The highest BCUT2D eigenvalue weighted by atomic mass is 16.5. The molecule has 0 radical (unpaired) electrons. The van der Waals surface area contributed by atoms with Gasteiger partial charge in [-0.3, -0.25) is 9.78 Å². The number of aryl methyl sites for hydroxylation is 1. The Morgan fingerprint density at radius 1 is 1.21 bits per heavy atom. The molecule has 0 aliphatic rings. The smallest absolute Gasteiger partial charge is 0.339 e. The lowest BCUT2D eigenvalue weighted by Gasteiger charge is -2.16.